The van der Waals surface area contributed by atoms with Gasteiger partial charge in [0, 0.05) is 18.1 Å². The molecule has 2 nitrogen and oxygen atoms in total. The fourth-order valence-electron chi connectivity index (χ4n) is 3.83. The Kier molecular flexibility index (Phi) is 5.69. The first kappa shape index (κ1) is 16.8. The van der Waals surface area contributed by atoms with Gasteiger partial charge in [0.25, 0.3) is 0 Å². The van der Waals surface area contributed by atoms with Crippen molar-refractivity contribution in [1.82, 2.24) is 4.90 Å². The summed E-state index contributed by atoms with van der Waals surface area (Å²) in [6.45, 7) is 1.24. The number of benzene rings is 1. The minimum Gasteiger partial charge on any atom is -0.322 e. The van der Waals surface area contributed by atoms with E-state index < -0.39 is 0 Å². The second kappa shape index (κ2) is 6.45. The third-order valence-electron chi connectivity index (χ3n) is 5.00. The molecule has 1 saturated carbocycles. The molecule has 0 spiro atoms. The molecule has 0 radical (unpaired) electrons. The Labute approximate surface area is 128 Å². The minimum absolute atomic E-state index is 0. The Morgan fingerprint density at radius 1 is 1.16 bits per heavy atom. The van der Waals surface area contributed by atoms with E-state index in [-0.39, 0.29) is 36.4 Å². The highest BCUT2D eigenvalue weighted by Gasteiger charge is 2.48. The molecule has 2 N–H and O–H groups in total. The lowest BCUT2D eigenvalue weighted by Gasteiger charge is -2.56. The van der Waals surface area contributed by atoms with Crippen molar-refractivity contribution in [3.8, 4) is 0 Å². The first-order valence-corrected chi connectivity index (χ1v) is 6.74. The number of likely N-dealkylation sites (N-methyl/N-ethyl adjacent to an activating group) is 1. The van der Waals surface area contributed by atoms with Gasteiger partial charge in [-0.1, -0.05) is 30.3 Å². The predicted octanol–water partition coefficient (Wildman–Crippen LogP) is 3.40. The number of hydrogen-bond donors (Lipinski definition) is 1. The van der Waals surface area contributed by atoms with Gasteiger partial charge in [0.05, 0.1) is 0 Å². The average molecular weight is 303 g/mol. The van der Waals surface area contributed by atoms with Gasteiger partial charge in [-0.05, 0) is 44.2 Å². The van der Waals surface area contributed by atoms with Crippen LogP contribution in [0.3, 0.4) is 0 Å². The molecule has 1 atom stereocenters. The van der Waals surface area contributed by atoms with E-state index in [4.69, 9.17) is 5.73 Å². The third-order valence-corrected chi connectivity index (χ3v) is 5.00. The van der Waals surface area contributed by atoms with Gasteiger partial charge in [0.1, 0.15) is 0 Å². The molecular weight excluding hydrogens is 279 g/mol. The monoisotopic (exact) mass is 302 g/mol. The maximum Gasteiger partial charge on any atom is 0.0482 e. The Hall–Kier alpha value is -0.280. The van der Waals surface area contributed by atoms with Crippen LogP contribution in [0.4, 0.5) is 0 Å². The molecule has 0 aromatic heterocycles. The molecule has 108 valence electrons. The lowest BCUT2D eigenvalue weighted by atomic mass is 9.66. The van der Waals surface area contributed by atoms with E-state index in [1.807, 2.05) is 0 Å². The third kappa shape index (κ3) is 2.78. The van der Waals surface area contributed by atoms with Crippen molar-refractivity contribution < 1.29 is 0 Å². The van der Waals surface area contributed by atoms with Gasteiger partial charge < -0.3 is 5.73 Å². The number of fused-ring (bicyclic) bond motifs is 3. The molecule has 2 aliphatic heterocycles. The Bertz CT molecular complexity index is 388. The van der Waals surface area contributed by atoms with Crippen LogP contribution in [0.1, 0.15) is 37.3 Å². The molecule has 2 heterocycles. The molecule has 3 fully saturated rings. The summed E-state index contributed by atoms with van der Waals surface area (Å²) in [6.07, 6.45) is 5.27. The van der Waals surface area contributed by atoms with Crippen LogP contribution < -0.4 is 5.73 Å². The molecule has 19 heavy (non-hydrogen) atoms. The number of nitrogens with zero attached hydrogens (tertiary/aromatic N) is 1. The van der Waals surface area contributed by atoms with Crippen LogP contribution in [0, 0.1) is 5.92 Å². The van der Waals surface area contributed by atoms with Gasteiger partial charge in [0.15, 0.2) is 0 Å². The van der Waals surface area contributed by atoms with Gasteiger partial charge >= 0.3 is 0 Å². The molecular formula is C15H24Cl2N2. The summed E-state index contributed by atoms with van der Waals surface area (Å²) >= 11 is 0. The van der Waals surface area contributed by atoms with E-state index in [2.05, 4.69) is 42.3 Å². The molecule has 0 amide bonds. The molecule has 1 unspecified atom stereocenters. The van der Waals surface area contributed by atoms with Gasteiger partial charge in [-0.2, -0.15) is 0 Å². The Balaban J connectivity index is 0.000000902. The molecule has 3 aliphatic rings. The predicted molar refractivity (Wildman–Crippen MR) is 85.2 cm³/mol. The molecule has 1 aromatic rings. The van der Waals surface area contributed by atoms with Crippen molar-refractivity contribution in [3.05, 3.63) is 35.9 Å². The van der Waals surface area contributed by atoms with Gasteiger partial charge in [0.2, 0.25) is 0 Å². The van der Waals surface area contributed by atoms with E-state index in [0.717, 1.165) is 5.92 Å². The first-order valence-electron chi connectivity index (χ1n) is 6.74. The molecule has 2 saturated heterocycles. The highest BCUT2D eigenvalue weighted by atomic mass is 35.5. The standard InChI is InChI=1S/C15H22N2.2ClH/c1-17-11-12-7-9-15(17,10-8-12)14(16)13-5-3-2-4-6-13;;/h2-6,12,14H,7-11,16H2,1H3;2*1H. The number of hydrogen-bond acceptors (Lipinski definition) is 2. The summed E-state index contributed by atoms with van der Waals surface area (Å²) in [5, 5.41) is 0. The molecule has 4 heteroatoms. The molecule has 1 aromatic carbocycles. The van der Waals surface area contributed by atoms with Crippen molar-refractivity contribution in [2.24, 2.45) is 11.7 Å². The van der Waals surface area contributed by atoms with Gasteiger partial charge in [-0.25, -0.2) is 0 Å². The number of piperidine rings is 2. The van der Waals surface area contributed by atoms with Crippen molar-refractivity contribution in [2.45, 2.75) is 37.3 Å². The van der Waals surface area contributed by atoms with E-state index in [9.17, 15) is 0 Å². The van der Waals surface area contributed by atoms with E-state index in [1.54, 1.807) is 0 Å². The van der Waals surface area contributed by atoms with Gasteiger partial charge in [-0.3, -0.25) is 4.90 Å². The summed E-state index contributed by atoms with van der Waals surface area (Å²) in [5.74, 6) is 0.921. The van der Waals surface area contributed by atoms with Crippen molar-refractivity contribution in [3.63, 3.8) is 0 Å². The van der Waals surface area contributed by atoms with E-state index >= 15 is 0 Å². The van der Waals surface area contributed by atoms with Crippen LogP contribution >= 0.6 is 24.8 Å². The normalized spacial score (nSPS) is 31.2. The van der Waals surface area contributed by atoms with Crippen molar-refractivity contribution in [1.29, 1.82) is 0 Å². The number of nitrogens with two attached hydrogens (primary N) is 1. The fraction of sp³-hybridized carbons (Fsp3) is 0.600. The summed E-state index contributed by atoms with van der Waals surface area (Å²) in [5.41, 5.74) is 8.10. The second-order valence-electron chi connectivity index (χ2n) is 5.82. The summed E-state index contributed by atoms with van der Waals surface area (Å²) in [7, 11) is 2.26. The molecule has 1 aliphatic carbocycles. The number of rotatable bonds is 2. The summed E-state index contributed by atoms with van der Waals surface area (Å²) in [4.78, 5) is 2.53. The SMILES string of the molecule is CN1CC2CCC1(C(N)c1ccccc1)CC2.Cl.Cl. The summed E-state index contributed by atoms with van der Waals surface area (Å²) in [6, 6.07) is 10.8. The lowest BCUT2D eigenvalue weighted by Crippen LogP contribution is -2.61. The van der Waals surface area contributed by atoms with E-state index in [1.165, 1.54) is 37.8 Å². The highest BCUT2D eigenvalue weighted by molar-refractivity contribution is 5.85. The lowest BCUT2D eigenvalue weighted by molar-refractivity contribution is -0.0335. The van der Waals surface area contributed by atoms with Crippen LogP contribution in [-0.4, -0.2) is 24.0 Å². The zero-order valence-corrected chi connectivity index (χ0v) is 13.1. The maximum atomic E-state index is 6.59. The Morgan fingerprint density at radius 3 is 2.26 bits per heavy atom. The topological polar surface area (TPSA) is 29.3 Å². The maximum absolute atomic E-state index is 6.59. The number of halogens is 2. The zero-order valence-electron chi connectivity index (χ0n) is 11.4. The second-order valence-corrected chi connectivity index (χ2v) is 5.82. The van der Waals surface area contributed by atoms with Crippen LogP contribution in [-0.2, 0) is 0 Å². The van der Waals surface area contributed by atoms with Crippen LogP contribution in [0.2, 0.25) is 0 Å². The fourth-order valence-corrected chi connectivity index (χ4v) is 3.83. The quantitative estimate of drug-likeness (QED) is 0.907. The Morgan fingerprint density at radius 2 is 1.74 bits per heavy atom. The van der Waals surface area contributed by atoms with Crippen molar-refractivity contribution in [2.75, 3.05) is 13.6 Å². The summed E-state index contributed by atoms with van der Waals surface area (Å²) < 4.78 is 0. The van der Waals surface area contributed by atoms with Crippen LogP contribution in [0.25, 0.3) is 0 Å². The highest BCUT2D eigenvalue weighted by Crippen LogP contribution is 2.47. The molecule has 4 rings (SSSR count). The van der Waals surface area contributed by atoms with Crippen LogP contribution in [0.15, 0.2) is 30.3 Å². The first-order chi connectivity index (χ1) is 8.22. The molecule has 2 bridgehead atoms. The average Bonchev–Trinajstić information content (AvgIpc) is 2.40. The van der Waals surface area contributed by atoms with Crippen molar-refractivity contribution >= 4 is 24.8 Å². The van der Waals surface area contributed by atoms with Crippen LogP contribution in [0.5, 0.6) is 0 Å². The van der Waals surface area contributed by atoms with E-state index in [0.29, 0.717) is 0 Å². The largest absolute Gasteiger partial charge is 0.322 e. The smallest absolute Gasteiger partial charge is 0.0482 e. The van der Waals surface area contributed by atoms with Gasteiger partial charge in [-0.15, -0.1) is 24.8 Å². The minimum atomic E-state index is 0. The zero-order chi connectivity index (χ0) is 11.9.